The highest BCUT2D eigenvalue weighted by Gasteiger charge is 2.33. The molecule has 0 fully saturated rings. The van der Waals surface area contributed by atoms with Crippen LogP contribution < -0.4 is 17.2 Å². The van der Waals surface area contributed by atoms with E-state index in [-0.39, 0.29) is 6.42 Å². The molecule has 0 aromatic carbocycles. The Morgan fingerprint density at radius 2 is 1.86 bits per heavy atom. The highest BCUT2D eigenvalue weighted by molar-refractivity contribution is 5.82. The van der Waals surface area contributed by atoms with Crippen molar-refractivity contribution < 1.29 is 19.4 Å². The summed E-state index contributed by atoms with van der Waals surface area (Å²) < 4.78 is 5.12. The third kappa shape index (κ3) is 7.98. The van der Waals surface area contributed by atoms with Crippen LogP contribution in [0.4, 0.5) is 4.79 Å². The highest BCUT2D eigenvalue weighted by atomic mass is 16.6. The van der Waals surface area contributed by atoms with Crippen LogP contribution in [0.5, 0.6) is 0 Å². The summed E-state index contributed by atoms with van der Waals surface area (Å²) in [6.07, 6.45) is 0.402. The molecule has 0 radical (unpaired) electrons. The fourth-order valence-electron chi connectivity index (χ4n) is 1.50. The first-order valence-electron chi connectivity index (χ1n) is 6.63. The molecular formula is C12H25N5O4. The molecule has 1 atom stereocenters. The molecule has 1 amide bonds. The maximum absolute atomic E-state index is 12.1. The summed E-state index contributed by atoms with van der Waals surface area (Å²) in [5, 5.41) is 13.5. The second-order valence-electron chi connectivity index (χ2n) is 5.49. The van der Waals surface area contributed by atoms with Crippen molar-refractivity contribution in [3.63, 3.8) is 0 Å². The standard InChI is InChI=1S/C12H25N5O4/c1-12(2,3)21-11(20)17(16-10(14)15)8(9(18)19)6-4-5-7-13/h8H,4-7,13H2,1-3H3,(H,18,19)(H4,14,15,16)/t8-/m0/s1. The fourth-order valence-corrected chi connectivity index (χ4v) is 1.50. The van der Waals surface area contributed by atoms with Crippen LogP contribution in [-0.2, 0) is 9.53 Å². The first kappa shape index (κ1) is 19.0. The van der Waals surface area contributed by atoms with Crippen molar-refractivity contribution >= 4 is 18.0 Å². The Morgan fingerprint density at radius 3 is 2.24 bits per heavy atom. The zero-order chi connectivity index (χ0) is 16.6. The number of carbonyl (C=O) groups is 2. The lowest BCUT2D eigenvalue weighted by Crippen LogP contribution is -2.46. The molecule has 0 heterocycles. The van der Waals surface area contributed by atoms with E-state index in [2.05, 4.69) is 5.10 Å². The predicted octanol–water partition coefficient (Wildman–Crippen LogP) is -0.00590. The van der Waals surface area contributed by atoms with Gasteiger partial charge in [0.05, 0.1) is 0 Å². The Hall–Kier alpha value is -2.03. The number of hydrogen-bond acceptors (Lipinski definition) is 5. The topological polar surface area (TPSA) is 157 Å². The van der Waals surface area contributed by atoms with Gasteiger partial charge in [-0.05, 0) is 46.6 Å². The third-order valence-corrected chi connectivity index (χ3v) is 2.32. The lowest BCUT2D eigenvalue weighted by Gasteiger charge is -2.28. The first-order valence-corrected chi connectivity index (χ1v) is 6.63. The van der Waals surface area contributed by atoms with E-state index in [9.17, 15) is 14.7 Å². The van der Waals surface area contributed by atoms with Gasteiger partial charge in [-0.3, -0.25) is 0 Å². The summed E-state index contributed by atoms with van der Waals surface area (Å²) in [5.41, 5.74) is 15.1. The van der Waals surface area contributed by atoms with Gasteiger partial charge in [0.1, 0.15) is 5.60 Å². The Morgan fingerprint density at radius 1 is 1.29 bits per heavy atom. The second kappa shape index (κ2) is 8.30. The number of aliphatic carboxylic acids is 1. The van der Waals surface area contributed by atoms with Gasteiger partial charge < -0.3 is 27.0 Å². The van der Waals surface area contributed by atoms with Gasteiger partial charge in [0, 0.05) is 0 Å². The maximum atomic E-state index is 12.1. The van der Waals surface area contributed by atoms with E-state index in [1.807, 2.05) is 0 Å². The fraction of sp³-hybridized carbons (Fsp3) is 0.750. The third-order valence-electron chi connectivity index (χ3n) is 2.32. The van der Waals surface area contributed by atoms with Crippen molar-refractivity contribution in [2.75, 3.05) is 6.54 Å². The molecule has 0 aliphatic heterocycles. The van der Waals surface area contributed by atoms with Gasteiger partial charge in [0.2, 0.25) is 5.96 Å². The zero-order valence-corrected chi connectivity index (χ0v) is 12.7. The second-order valence-corrected chi connectivity index (χ2v) is 5.49. The zero-order valence-electron chi connectivity index (χ0n) is 12.7. The number of carbonyl (C=O) groups excluding carboxylic acids is 1. The molecule has 0 saturated heterocycles. The number of rotatable bonds is 7. The van der Waals surface area contributed by atoms with Crippen LogP contribution in [0.15, 0.2) is 5.10 Å². The molecule has 0 spiro atoms. The van der Waals surface area contributed by atoms with Gasteiger partial charge in [-0.15, -0.1) is 5.10 Å². The minimum atomic E-state index is -1.22. The monoisotopic (exact) mass is 303 g/mol. The number of carboxylic acids is 1. The predicted molar refractivity (Wildman–Crippen MR) is 78.2 cm³/mol. The maximum Gasteiger partial charge on any atom is 0.431 e. The SMILES string of the molecule is CC(C)(C)OC(=O)N(N=C(N)N)[C@@H](CCCCN)C(=O)O. The molecule has 0 aliphatic rings. The summed E-state index contributed by atoms with van der Waals surface area (Å²) in [6, 6.07) is -1.21. The van der Waals surface area contributed by atoms with Crippen LogP contribution in [0.25, 0.3) is 0 Å². The molecule has 21 heavy (non-hydrogen) atoms. The van der Waals surface area contributed by atoms with E-state index in [4.69, 9.17) is 21.9 Å². The van der Waals surface area contributed by atoms with Gasteiger partial charge in [0.15, 0.2) is 6.04 Å². The molecule has 9 nitrogen and oxygen atoms in total. The van der Waals surface area contributed by atoms with E-state index >= 15 is 0 Å². The average Bonchev–Trinajstić information content (AvgIpc) is 2.29. The number of nitrogens with two attached hydrogens (primary N) is 3. The Kier molecular flexibility index (Phi) is 7.50. The molecule has 7 N–H and O–H groups in total. The van der Waals surface area contributed by atoms with Crippen LogP contribution in [0.2, 0.25) is 0 Å². The van der Waals surface area contributed by atoms with Gasteiger partial charge >= 0.3 is 12.1 Å². The number of unbranched alkanes of at least 4 members (excludes halogenated alkanes) is 1. The largest absolute Gasteiger partial charge is 0.480 e. The molecule has 0 saturated carbocycles. The lowest BCUT2D eigenvalue weighted by atomic mass is 10.1. The van der Waals surface area contributed by atoms with Gasteiger partial charge in [-0.25, -0.2) is 9.59 Å². The van der Waals surface area contributed by atoms with E-state index in [0.717, 1.165) is 0 Å². The van der Waals surface area contributed by atoms with Crippen molar-refractivity contribution in [3.05, 3.63) is 0 Å². The Labute approximate surface area is 124 Å². The number of amides is 1. The highest BCUT2D eigenvalue weighted by Crippen LogP contribution is 2.16. The van der Waals surface area contributed by atoms with E-state index < -0.39 is 29.7 Å². The van der Waals surface area contributed by atoms with Gasteiger partial charge in [-0.1, -0.05) is 0 Å². The van der Waals surface area contributed by atoms with Crippen molar-refractivity contribution in [2.45, 2.75) is 51.7 Å². The minimum Gasteiger partial charge on any atom is -0.480 e. The average molecular weight is 303 g/mol. The summed E-state index contributed by atoms with van der Waals surface area (Å²) in [7, 11) is 0. The number of hydrazone groups is 1. The number of guanidine groups is 1. The van der Waals surface area contributed by atoms with E-state index in [1.54, 1.807) is 20.8 Å². The summed E-state index contributed by atoms with van der Waals surface area (Å²) in [5.74, 6) is -1.64. The first-order chi connectivity index (χ1) is 9.58. The molecule has 0 bridgehead atoms. The van der Waals surface area contributed by atoms with Crippen LogP contribution >= 0.6 is 0 Å². The van der Waals surface area contributed by atoms with Crippen molar-refractivity contribution in [2.24, 2.45) is 22.3 Å². The Balaban J connectivity index is 5.19. The summed E-state index contributed by atoms with van der Waals surface area (Å²) in [4.78, 5) is 23.4. The van der Waals surface area contributed by atoms with Crippen LogP contribution in [0.3, 0.4) is 0 Å². The van der Waals surface area contributed by atoms with Gasteiger partial charge in [0.25, 0.3) is 0 Å². The van der Waals surface area contributed by atoms with Crippen molar-refractivity contribution in [3.8, 4) is 0 Å². The van der Waals surface area contributed by atoms with Crippen LogP contribution in [0.1, 0.15) is 40.0 Å². The Bertz CT molecular complexity index is 388. The van der Waals surface area contributed by atoms with E-state index in [0.29, 0.717) is 24.4 Å². The number of carboxylic acid groups (broad SMARTS) is 1. The van der Waals surface area contributed by atoms with Gasteiger partial charge in [-0.2, -0.15) is 5.01 Å². The molecule has 0 aromatic rings. The molecule has 0 unspecified atom stereocenters. The van der Waals surface area contributed by atoms with Crippen LogP contribution in [-0.4, -0.2) is 46.3 Å². The summed E-state index contributed by atoms with van der Waals surface area (Å²) >= 11 is 0. The minimum absolute atomic E-state index is 0.169. The lowest BCUT2D eigenvalue weighted by molar-refractivity contribution is -0.143. The normalized spacial score (nSPS) is 12.4. The van der Waals surface area contributed by atoms with Crippen LogP contribution in [0, 0.1) is 0 Å². The molecular weight excluding hydrogens is 278 g/mol. The number of nitrogens with zero attached hydrogens (tertiary/aromatic N) is 2. The molecule has 122 valence electrons. The quantitative estimate of drug-likeness (QED) is 0.223. The molecule has 0 aliphatic carbocycles. The molecule has 9 heteroatoms. The number of hydrogen-bond donors (Lipinski definition) is 4. The van der Waals surface area contributed by atoms with Crippen molar-refractivity contribution in [1.29, 1.82) is 0 Å². The smallest absolute Gasteiger partial charge is 0.431 e. The van der Waals surface area contributed by atoms with Crippen molar-refractivity contribution in [1.82, 2.24) is 5.01 Å². The number of ether oxygens (including phenoxy) is 1. The molecule has 0 aromatic heterocycles. The van der Waals surface area contributed by atoms with E-state index in [1.165, 1.54) is 0 Å². The molecule has 0 rings (SSSR count). The summed E-state index contributed by atoms with van der Waals surface area (Å²) in [6.45, 7) is 5.40.